The third kappa shape index (κ3) is 1.20. The SMILES string of the molecule is [2H]c1[nH]c(=O)[nH]c(=O)c1Cl. The Bertz CT molecular complexity index is 355. The first-order valence-electron chi connectivity index (χ1n) is 2.60. The highest BCUT2D eigenvalue weighted by Gasteiger charge is 1.91. The molecule has 0 amide bonds. The number of nitrogens with one attached hydrogen (secondary N) is 2. The van der Waals surface area contributed by atoms with Crippen LogP contribution in [0.2, 0.25) is 5.02 Å². The van der Waals surface area contributed by atoms with Gasteiger partial charge >= 0.3 is 5.69 Å². The molecule has 4 nitrogen and oxygen atoms in total. The van der Waals surface area contributed by atoms with Crippen molar-refractivity contribution in [3.63, 3.8) is 0 Å². The van der Waals surface area contributed by atoms with Crippen LogP contribution >= 0.6 is 11.6 Å². The first kappa shape index (κ1) is 4.81. The Morgan fingerprint density at radius 1 is 1.67 bits per heavy atom. The molecule has 0 aliphatic heterocycles. The van der Waals surface area contributed by atoms with Gasteiger partial charge < -0.3 is 4.98 Å². The van der Waals surface area contributed by atoms with Gasteiger partial charge in [-0.2, -0.15) is 0 Å². The van der Waals surface area contributed by atoms with Gasteiger partial charge in [-0.3, -0.25) is 9.78 Å². The molecule has 1 aromatic rings. The van der Waals surface area contributed by atoms with Gasteiger partial charge in [-0.15, -0.1) is 0 Å². The molecule has 0 aromatic carbocycles. The van der Waals surface area contributed by atoms with Crippen molar-refractivity contribution in [3.8, 4) is 0 Å². The molecule has 5 heteroatoms. The van der Waals surface area contributed by atoms with Crippen LogP contribution in [0.5, 0.6) is 0 Å². The van der Waals surface area contributed by atoms with E-state index in [1.54, 1.807) is 0 Å². The summed E-state index contributed by atoms with van der Waals surface area (Å²) in [6.07, 6.45) is -0.365. The quantitative estimate of drug-likeness (QED) is 0.530. The zero-order valence-corrected chi connectivity index (χ0v) is 4.95. The Labute approximate surface area is 55.9 Å². The molecule has 1 heterocycles. The van der Waals surface area contributed by atoms with E-state index in [-0.39, 0.29) is 11.2 Å². The fourth-order valence-corrected chi connectivity index (χ4v) is 0.452. The lowest BCUT2D eigenvalue weighted by atomic mass is 10.7. The smallest absolute Gasteiger partial charge is 0.313 e. The van der Waals surface area contributed by atoms with Crippen molar-refractivity contribution in [3.05, 3.63) is 32.0 Å². The van der Waals surface area contributed by atoms with E-state index in [4.69, 9.17) is 13.0 Å². The molecule has 0 atom stereocenters. The molecule has 0 fully saturated rings. The molecule has 0 saturated heterocycles. The summed E-state index contributed by atoms with van der Waals surface area (Å²) in [4.78, 5) is 24.8. The van der Waals surface area contributed by atoms with Crippen LogP contribution in [0.25, 0.3) is 0 Å². The normalized spacial score (nSPS) is 11.0. The molecule has 0 aliphatic rings. The van der Waals surface area contributed by atoms with Crippen LogP contribution in [0.3, 0.4) is 0 Å². The van der Waals surface area contributed by atoms with Gasteiger partial charge in [0.25, 0.3) is 5.56 Å². The Morgan fingerprint density at radius 2 is 2.33 bits per heavy atom. The lowest BCUT2D eigenvalue weighted by Crippen LogP contribution is -2.20. The summed E-state index contributed by atoms with van der Waals surface area (Å²) in [6, 6.07) is 0. The predicted molar refractivity (Wildman–Crippen MR) is 32.7 cm³/mol. The van der Waals surface area contributed by atoms with Gasteiger partial charge in [-0.25, -0.2) is 4.79 Å². The molecule has 2 N–H and O–H groups in total. The monoisotopic (exact) mass is 147 g/mol. The largest absolute Gasteiger partial charge is 0.325 e. The molecule has 0 aliphatic carbocycles. The minimum atomic E-state index is -0.740. The summed E-state index contributed by atoms with van der Waals surface area (Å²) in [5.74, 6) is 0. The molecule has 0 saturated carbocycles. The molecule has 1 aromatic heterocycles. The Hall–Kier alpha value is -1.03. The minimum absolute atomic E-state index is 0.306. The zero-order chi connectivity index (χ0) is 7.72. The molecular formula is C4H3ClN2O2. The van der Waals surface area contributed by atoms with Gasteiger partial charge in [0.1, 0.15) is 5.02 Å². The van der Waals surface area contributed by atoms with E-state index in [0.29, 0.717) is 0 Å². The number of H-pyrrole nitrogens is 2. The van der Waals surface area contributed by atoms with E-state index < -0.39 is 11.2 Å². The van der Waals surface area contributed by atoms with Gasteiger partial charge in [0, 0.05) is 6.17 Å². The van der Waals surface area contributed by atoms with Crippen molar-refractivity contribution in [1.29, 1.82) is 0 Å². The van der Waals surface area contributed by atoms with Crippen LogP contribution < -0.4 is 11.2 Å². The molecule has 0 bridgehead atoms. The maximum absolute atomic E-state index is 10.5. The molecule has 9 heavy (non-hydrogen) atoms. The van der Waals surface area contributed by atoms with Crippen LogP contribution in [-0.2, 0) is 0 Å². The standard InChI is InChI=1S/C4H3ClN2O2/c5-2-1-6-4(9)7-3(2)8/h1H,(H2,6,7,8,9)/i1D. The third-order valence-electron chi connectivity index (χ3n) is 0.712. The number of aromatic amines is 2. The molecule has 48 valence electrons. The Morgan fingerprint density at radius 3 is 2.89 bits per heavy atom. The summed E-state index contributed by atoms with van der Waals surface area (Å²) >= 11 is 5.25. The minimum Gasteiger partial charge on any atom is -0.313 e. The van der Waals surface area contributed by atoms with E-state index in [1.165, 1.54) is 0 Å². The van der Waals surface area contributed by atoms with E-state index in [9.17, 15) is 9.59 Å². The maximum atomic E-state index is 10.5. The van der Waals surface area contributed by atoms with E-state index in [1.807, 2.05) is 9.97 Å². The molecular weight excluding hydrogens is 144 g/mol. The van der Waals surface area contributed by atoms with Gasteiger partial charge in [0.05, 0.1) is 1.37 Å². The second-order valence-corrected chi connectivity index (χ2v) is 1.73. The van der Waals surface area contributed by atoms with Crippen LogP contribution in [0, 0.1) is 0 Å². The second kappa shape index (κ2) is 2.06. The zero-order valence-electron chi connectivity index (χ0n) is 5.19. The van der Waals surface area contributed by atoms with Crippen LogP contribution in [0.4, 0.5) is 0 Å². The van der Waals surface area contributed by atoms with Crippen LogP contribution in [0.1, 0.15) is 1.37 Å². The highest BCUT2D eigenvalue weighted by molar-refractivity contribution is 6.30. The third-order valence-corrected chi connectivity index (χ3v) is 0.978. The van der Waals surface area contributed by atoms with Crippen molar-refractivity contribution in [2.24, 2.45) is 0 Å². The molecule has 0 radical (unpaired) electrons. The summed E-state index contributed by atoms with van der Waals surface area (Å²) in [5.41, 5.74) is -1.46. The first-order chi connectivity index (χ1) is 4.61. The molecule has 0 unspecified atom stereocenters. The van der Waals surface area contributed by atoms with Gasteiger partial charge in [-0.1, -0.05) is 11.6 Å². The second-order valence-electron chi connectivity index (χ2n) is 1.35. The lowest BCUT2D eigenvalue weighted by Gasteiger charge is -1.82. The average molecular weight is 148 g/mol. The van der Waals surface area contributed by atoms with Crippen molar-refractivity contribution in [2.45, 2.75) is 0 Å². The Balaban J connectivity index is 3.62. The maximum Gasteiger partial charge on any atom is 0.325 e. The fraction of sp³-hybridized carbons (Fsp3) is 0. The van der Waals surface area contributed by atoms with Gasteiger partial charge in [0.2, 0.25) is 0 Å². The summed E-state index contributed by atoms with van der Waals surface area (Å²) in [6.45, 7) is 0. The number of hydrogen-bond donors (Lipinski definition) is 2. The topological polar surface area (TPSA) is 65.7 Å². The Kier molecular flexibility index (Phi) is 1.10. The van der Waals surface area contributed by atoms with Crippen LogP contribution in [0.15, 0.2) is 15.8 Å². The highest BCUT2D eigenvalue weighted by Crippen LogP contribution is 1.90. The summed E-state index contributed by atoms with van der Waals surface area (Å²) in [5, 5.41) is -0.306. The molecule has 0 spiro atoms. The first-order valence-corrected chi connectivity index (χ1v) is 2.48. The van der Waals surface area contributed by atoms with Crippen molar-refractivity contribution < 1.29 is 1.37 Å². The van der Waals surface area contributed by atoms with Crippen molar-refractivity contribution in [1.82, 2.24) is 9.97 Å². The number of aromatic nitrogens is 2. The van der Waals surface area contributed by atoms with Gasteiger partial charge in [-0.05, 0) is 0 Å². The van der Waals surface area contributed by atoms with Gasteiger partial charge in [0.15, 0.2) is 0 Å². The number of halogens is 1. The van der Waals surface area contributed by atoms with Crippen molar-refractivity contribution >= 4 is 11.6 Å². The van der Waals surface area contributed by atoms with Crippen molar-refractivity contribution in [2.75, 3.05) is 0 Å². The number of rotatable bonds is 0. The van der Waals surface area contributed by atoms with E-state index in [2.05, 4.69) is 0 Å². The fourth-order valence-electron chi connectivity index (χ4n) is 0.358. The predicted octanol–water partition coefficient (Wildman–Crippen LogP) is -0.283. The van der Waals surface area contributed by atoms with E-state index in [0.717, 1.165) is 0 Å². The average Bonchev–Trinajstić information content (AvgIpc) is 1.82. The highest BCUT2D eigenvalue weighted by atomic mass is 35.5. The summed E-state index contributed by atoms with van der Waals surface area (Å²) < 4.78 is 6.89. The van der Waals surface area contributed by atoms with Crippen LogP contribution in [-0.4, -0.2) is 9.97 Å². The molecule has 1 rings (SSSR count). The lowest BCUT2D eigenvalue weighted by molar-refractivity contribution is 1.04. The van der Waals surface area contributed by atoms with E-state index >= 15 is 0 Å². The number of hydrogen-bond acceptors (Lipinski definition) is 2. The summed E-state index contributed by atoms with van der Waals surface area (Å²) in [7, 11) is 0.